The van der Waals surface area contributed by atoms with Crippen molar-refractivity contribution in [1.29, 1.82) is 0 Å². The van der Waals surface area contributed by atoms with Gasteiger partial charge in [0.25, 0.3) is 5.56 Å². The lowest BCUT2D eigenvalue weighted by Crippen LogP contribution is -2.45. The van der Waals surface area contributed by atoms with Gasteiger partial charge in [-0.3, -0.25) is 4.79 Å². The zero-order chi connectivity index (χ0) is 20.3. The van der Waals surface area contributed by atoms with E-state index in [4.69, 9.17) is 4.43 Å². The van der Waals surface area contributed by atoms with Gasteiger partial charge in [-0.25, -0.2) is 8.93 Å². The van der Waals surface area contributed by atoms with E-state index in [1.807, 2.05) is 33.8 Å². The normalized spacial score (nSPS) is 15.7. The number of nitrogens with zero attached hydrogens (tertiary/aromatic N) is 1. The van der Waals surface area contributed by atoms with Gasteiger partial charge in [0.05, 0.1) is 28.4 Å². The van der Waals surface area contributed by atoms with Crippen molar-refractivity contribution in [2.75, 3.05) is 6.61 Å². The highest BCUT2D eigenvalue weighted by Crippen LogP contribution is 2.37. The quantitative estimate of drug-likeness (QED) is 0.704. The van der Waals surface area contributed by atoms with E-state index < -0.39 is 30.1 Å². The summed E-state index contributed by atoms with van der Waals surface area (Å²) in [6.45, 7) is 19.5. The summed E-state index contributed by atoms with van der Waals surface area (Å²) >= 11 is 0. The first-order chi connectivity index (χ1) is 11.7. The van der Waals surface area contributed by atoms with Gasteiger partial charge in [-0.1, -0.05) is 26.8 Å². The van der Waals surface area contributed by atoms with Crippen LogP contribution < -0.4 is 10.3 Å². The van der Waals surface area contributed by atoms with E-state index >= 15 is 0 Å². The lowest BCUT2D eigenvalue weighted by Gasteiger charge is -2.37. The van der Waals surface area contributed by atoms with Crippen LogP contribution in [0.1, 0.15) is 60.1 Å². The molecule has 5 nitrogen and oxygen atoms in total. The first-order valence-electron chi connectivity index (χ1n) is 9.22. The third-order valence-electron chi connectivity index (χ3n) is 4.99. The van der Waals surface area contributed by atoms with E-state index in [1.54, 1.807) is 16.8 Å². The van der Waals surface area contributed by atoms with E-state index in [-0.39, 0.29) is 10.6 Å². The number of hydrogen-bond donors (Lipinski definition) is 1. The first kappa shape index (κ1) is 23.3. The minimum atomic E-state index is -1.98. The Kier molecular flexibility index (Phi) is 7.61. The summed E-state index contributed by atoms with van der Waals surface area (Å²) in [5.41, 5.74) is 0.544. The van der Waals surface area contributed by atoms with Crippen LogP contribution in [0, 0.1) is 0 Å². The minimum absolute atomic E-state index is 0.0581. The van der Waals surface area contributed by atoms with Crippen LogP contribution in [0.25, 0.3) is 0 Å². The number of aryl methyl sites for hydroxylation is 1. The largest absolute Gasteiger partial charge is 0.415 e. The second kappa shape index (κ2) is 8.50. The molecule has 0 aliphatic heterocycles. The van der Waals surface area contributed by atoms with E-state index in [2.05, 4.69) is 38.6 Å². The van der Waals surface area contributed by atoms with Crippen LogP contribution in [-0.4, -0.2) is 28.4 Å². The van der Waals surface area contributed by atoms with E-state index in [1.165, 1.54) is 0 Å². The topological polar surface area (TPSA) is 60.3 Å². The van der Waals surface area contributed by atoms with Crippen molar-refractivity contribution in [3.8, 4) is 0 Å². The average Bonchev–Trinajstić information content (AvgIpc) is 2.49. The molecule has 0 aliphatic carbocycles. The van der Waals surface area contributed by atoms with Crippen LogP contribution in [0.2, 0.25) is 18.1 Å². The van der Waals surface area contributed by atoms with Crippen molar-refractivity contribution in [3.63, 3.8) is 0 Å². The Morgan fingerprint density at radius 1 is 1.23 bits per heavy atom. The molecule has 0 aliphatic rings. The van der Waals surface area contributed by atoms with Crippen molar-refractivity contribution < 1.29 is 8.63 Å². The number of rotatable bonds is 7. The third kappa shape index (κ3) is 5.87. The molecule has 1 aromatic heterocycles. The molecule has 0 unspecified atom stereocenters. The summed E-state index contributed by atoms with van der Waals surface area (Å²) in [6, 6.07) is 3.26. The van der Waals surface area contributed by atoms with Gasteiger partial charge in [-0.15, -0.1) is 0 Å². The van der Waals surface area contributed by atoms with Gasteiger partial charge in [0, 0.05) is 18.3 Å². The maximum Gasteiger partial charge on any atom is 0.255 e. The van der Waals surface area contributed by atoms with Crippen LogP contribution in [-0.2, 0) is 22.0 Å². The summed E-state index contributed by atoms with van der Waals surface area (Å²) < 4.78 is 23.4. The molecule has 0 bridgehead atoms. The second-order valence-corrected chi connectivity index (χ2v) is 16.0. The highest BCUT2D eigenvalue weighted by molar-refractivity contribution is 7.84. The number of aromatic nitrogens is 1. The Balaban J connectivity index is 3.20. The van der Waals surface area contributed by atoms with Gasteiger partial charge < -0.3 is 8.99 Å². The lowest BCUT2D eigenvalue weighted by atomic mass is 10.1. The Hall–Kier alpha value is -0.763. The summed E-state index contributed by atoms with van der Waals surface area (Å²) in [4.78, 5) is 12.8. The van der Waals surface area contributed by atoms with Gasteiger partial charge in [-0.2, -0.15) is 0 Å². The van der Waals surface area contributed by atoms with Crippen molar-refractivity contribution in [1.82, 2.24) is 9.29 Å². The summed E-state index contributed by atoms with van der Waals surface area (Å²) in [5, 5.41) is 0.0705. The Labute approximate surface area is 162 Å². The zero-order valence-corrected chi connectivity index (χ0v) is 19.6. The SMILES string of the molecule is CCn1cccc([C@@H](CO[Si](C)(C)C(C)(C)C)N[S@@](=O)C(C)(C)C)c1=O. The summed E-state index contributed by atoms with van der Waals surface area (Å²) in [5.74, 6) is 0. The monoisotopic (exact) mass is 400 g/mol. The fourth-order valence-electron chi connectivity index (χ4n) is 2.07. The van der Waals surface area contributed by atoms with Gasteiger partial charge in [-0.05, 0) is 51.9 Å². The molecule has 1 heterocycles. The molecule has 0 radical (unpaired) electrons. The molecule has 0 amide bonds. The number of pyridine rings is 1. The van der Waals surface area contributed by atoms with E-state index in [0.717, 1.165) is 0 Å². The molecule has 26 heavy (non-hydrogen) atoms. The summed E-state index contributed by atoms with van der Waals surface area (Å²) in [7, 11) is -3.28. The third-order valence-corrected chi connectivity index (χ3v) is 11.1. The molecule has 0 fully saturated rings. The van der Waals surface area contributed by atoms with Crippen molar-refractivity contribution in [2.24, 2.45) is 0 Å². The van der Waals surface area contributed by atoms with Crippen LogP contribution in [0.5, 0.6) is 0 Å². The van der Waals surface area contributed by atoms with Crippen molar-refractivity contribution in [3.05, 3.63) is 34.2 Å². The number of nitrogens with one attached hydrogen (secondary N) is 1. The molecule has 1 N–H and O–H groups in total. The van der Waals surface area contributed by atoms with Crippen molar-refractivity contribution >= 4 is 19.3 Å². The predicted molar refractivity (Wildman–Crippen MR) is 113 cm³/mol. The Morgan fingerprint density at radius 2 is 1.81 bits per heavy atom. The second-order valence-electron chi connectivity index (χ2n) is 9.18. The van der Waals surface area contributed by atoms with Crippen molar-refractivity contribution in [2.45, 2.75) is 83.9 Å². The highest BCUT2D eigenvalue weighted by Gasteiger charge is 2.38. The molecule has 1 rings (SSSR count). The Bertz CT molecular complexity index is 687. The predicted octanol–water partition coefficient (Wildman–Crippen LogP) is 3.98. The smallest absolute Gasteiger partial charge is 0.255 e. The molecule has 150 valence electrons. The first-order valence-corrected chi connectivity index (χ1v) is 13.3. The maximum atomic E-state index is 12.8. The van der Waals surface area contributed by atoms with E-state index in [0.29, 0.717) is 18.7 Å². The molecular weight excluding hydrogens is 364 g/mol. The standard InChI is InChI=1S/C19H36N2O3SSi/c1-10-21-13-11-12-15(17(21)22)16(20-25(23)18(2,3)4)14-24-26(8,9)19(5,6)7/h11-13,16,20H,10,14H2,1-9H3/t16-,25+/m1/s1. The Morgan fingerprint density at radius 3 is 2.27 bits per heavy atom. The molecule has 1 aromatic rings. The van der Waals surface area contributed by atoms with Gasteiger partial charge in [0.2, 0.25) is 0 Å². The molecule has 0 saturated carbocycles. The minimum Gasteiger partial charge on any atom is -0.415 e. The van der Waals surface area contributed by atoms with Gasteiger partial charge in [0.1, 0.15) is 0 Å². The zero-order valence-electron chi connectivity index (χ0n) is 17.8. The van der Waals surface area contributed by atoms with Crippen LogP contribution >= 0.6 is 0 Å². The molecule has 0 spiro atoms. The molecule has 0 aromatic carbocycles. The fourth-order valence-corrected chi connectivity index (χ4v) is 3.89. The fraction of sp³-hybridized carbons (Fsp3) is 0.737. The van der Waals surface area contributed by atoms with Gasteiger partial charge >= 0.3 is 0 Å². The number of hydrogen-bond acceptors (Lipinski definition) is 3. The molecule has 0 saturated heterocycles. The average molecular weight is 401 g/mol. The summed E-state index contributed by atoms with van der Waals surface area (Å²) in [6.07, 6.45) is 1.78. The van der Waals surface area contributed by atoms with E-state index in [9.17, 15) is 9.00 Å². The molecule has 2 atom stereocenters. The lowest BCUT2D eigenvalue weighted by molar-refractivity contribution is 0.256. The maximum absolute atomic E-state index is 12.8. The highest BCUT2D eigenvalue weighted by atomic mass is 32.2. The van der Waals surface area contributed by atoms with Crippen LogP contribution in [0.15, 0.2) is 23.1 Å². The van der Waals surface area contributed by atoms with Crippen LogP contribution in [0.4, 0.5) is 0 Å². The van der Waals surface area contributed by atoms with Crippen LogP contribution in [0.3, 0.4) is 0 Å². The molecule has 7 heteroatoms. The molecular formula is C19H36N2O3SSi. The van der Waals surface area contributed by atoms with Gasteiger partial charge in [0.15, 0.2) is 8.32 Å².